The molecule has 0 saturated carbocycles. The number of aromatic amines is 1. The smallest absolute Gasteiger partial charge is 0.330 e. The molecule has 1 aromatic rings. The van der Waals surface area contributed by atoms with E-state index >= 15 is 0 Å². The highest BCUT2D eigenvalue weighted by Crippen LogP contribution is 2.40. The van der Waals surface area contributed by atoms with Gasteiger partial charge in [-0.05, 0) is 25.9 Å². The van der Waals surface area contributed by atoms with Gasteiger partial charge in [0.25, 0.3) is 5.56 Å². The summed E-state index contributed by atoms with van der Waals surface area (Å²) in [6, 6.07) is 1.26. The Hall–Kier alpha value is -0.620. The first-order valence-electron chi connectivity index (χ1n) is 6.65. The van der Waals surface area contributed by atoms with Gasteiger partial charge in [0.15, 0.2) is 6.23 Å². The summed E-state index contributed by atoms with van der Waals surface area (Å²) >= 11 is 3.39. The van der Waals surface area contributed by atoms with Crippen molar-refractivity contribution < 1.29 is 9.84 Å². The van der Waals surface area contributed by atoms with Gasteiger partial charge in [0.2, 0.25) is 0 Å². The summed E-state index contributed by atoms with van der Waals surface area (Å²) in [6.07, 6.45) is 5.43. The van der Waals surface area contributed by atoms with E-state index in [0.717, 1.165) is 6.16 Å². The molecule has 2 rings (SSSR count). The molecule has 1 aliphatic heterocycles. The number of hydrogen-bond donors (Lipinski definition) is 2. The van der Waals surface area contributed by atoms with Crippen molar-refractivity contribution in [3.63, 3.8) is 0 Å². The Kier molecular flexibility index (Phi) is 4.98. The number of aliphatic hydroxyl groups is 1. The minimum atomic E-state index is -1.19. The van der Waals surface area contributed by atoms with Crippen LogP contribution in [0.2, 0.25) is 0 Å². The van der Waals surface area contributed by atoms with Gasteiger partial charge in [-0.25, -0.2) is 4.79 Å². The molecule has 4 atom stereocenters. The van der Waals surface area contributed by atoms with Crippen molar-refractivity contribution in [2.45, 2.75) is 29.7 Å². The summed E-state index contributed by atoms with van der Waals surface area (Å²) in [6.45, 7) is 3.06. The van der Waals surface area contributed by atoms with Crippen molar-refractivity contribution in [2.75, 3.05) is 19.5 Å². The summed E-state index contributed by atoms with van der Waals surface area (Å²) in [7, 11) is 0. The molecule has 6 nitrogen and oxygen atoms in total. The Bertz CT molecular complexity index is 665. The monoisotopic (exact) mass is 378 g/mol. The molecule has 21 heavy (non-hydrogen) atoms. The molecule has 2 N–H and O–H groups in total. The van der Waals surface area contributed by atoms with E-state index in [1.165, 1.54) is 16.8 Å². The van der Waals surface area contributed by atoms with Crippen LogP contribution in [-0.4, -0.2) is 57.5 Å². The summed E-state index contributed by atoms with van der Waals surface area (Å²) in [5.41, 5.74) is -1.00. The van der Waals surface area contributed by atoms with Crippen molar-refractivity contribution in [1.29, 1.82) is 0 Å². The average molecular weight is 379 g/mol. The van der Waals surface area contributed by atoms with Gasteiger partial charge in [0.1, 0.15) is 0 Å². The normalized spacial score (nSPS) is 29.7. The van der Waals surface area contributed by atoms with Gasteiger partial charge >= 0.3 is 5.69 Å². The van der Waals surface area contributed by atoms with Gasteiger partial charge in [-0.15, -0.1) is 13.2 Å². The van der Waals surface area contributed by atoms with E-state index in [9.17, 15) is 14.7 Å². The Labute approximate surface area is 131 Å². The number of rotatable bonds is 4. The number of H-pyrrole nitrogens is 1. The molecule has 118 valence electrons. The minimum absolute atomic E-state index is 0.348. The standard InChI is InChI=1S/C13H20BrN2O4P/c1-21(2,3)7-5-8-11(18)10(14)12(20-8)16-6-4-9(17)15-13(16)19/h4,6,8,10-12,18H,1,5,7H2,2-3H3,(H,15,17,19)/t8-,10-,11-,12?/m1/s1. The van der Waals surface area contributed by atoms with E-state index in [1.807, 2.05) is 0 Å². The first-order chi connectivity index (χ1) is 9.69. The lowest BCUT2D eigenvalue weighted by molar-refractivity contribution is -0.0208. The third kappa shape index (κ3) is 3.97. The topological polar surface area (TPSA) is 84.3 Å². The third-order valence-corrected chi connectivity index (χ3v) is 5.90. The zero-order chi connectivity index (χ0) is 15.8. The molecule has 1 aliphatic rings. The number of aromatic nitrogens is 2. The van der Waals surface area contributed by atoms with E-state index in [0.29, 0.717) is 6.42 Å². The van der Waals surface area contributed by atoms with E-state index < -0.39 is 35.3 Å². The predicted molar refractivity (Wildman–Crippen MR) is 89.3 cm³/mol. The van der Waals surface area contributed by atoms with Crippen molar-refractivity contribution in [1.82, 2.24) is 9.55 Å². The third-order valence-electron chi connectivity index (χ3n) is 3.44. The molecule has 0 aliphatic carbocycles. The second kappa shape index (κ2) is 6.24. The highest BCUT2D eigenvalue weighted by Gasteiger charge is 2.43. The summed E-state index contributed by atoms with van der Waals surface area (Å²) in [4.78, 5) is 24.7. The number of ether oxygens (including phenoxy) is 1. The van der Waals surface area contributed by atoms with Crippen LogP contribution in [0.25, 0.3) is 0 Å². The fraction of sp³-hybridized carbons (Fsp3) is 0.615. The zero-order valence-corrected chi connectivity index (χ0v) is 14.5. The van der Waals surface area contributed by atoms with Crippen LogP contribution in [0.4, 0.5) is 0 Å². The van der Waals surface area contributed by atoms with Crippen LogP contribution < -0.4 is 11.2 Å². The fourth-order valence-corrected chi connectivity index (χ4v) is 3.94. The van der Waals surface area contributed by atoms with Gasteiger partial charge in [0.05, 0.1) is 17.0 Å². The van der Waals surface area contributed by atoms with Crippen LogP contribution in [0.1, 0.15) is 12.6 Å². The molecular formula is C13H20BrN2O4P. The van der Waals surface area contributed by atoms with Crippen LogP contribution in [-0.2, 0) is 4.74 Å². The van der Waals surface area contributed by atoms with Crippen LogP contribution in [0.3, 0.4) is 0 Å². The van der Waals surface area contributed by atoms with Gasteiger partial charge in [0, 0.05) is 12.3 Å². The van der Waals surface area contributed by atoms with Gasteiger partial charge < -0.3 is 9.84 Å². The van der Waals surface area contributed by atoms with Crippen LogP contribution in [0.15, 0.2) is 21.9 Å². The van der Waals surface area contributed by atoms with Crippen molar-refractivity contribution >= 4 is 29.1 Å². The lowest BCUT2D eigenvalue weighted by Crippen LogP contribution is -2.35. The van der Waals surface area contributed by atoms with E-state index in [4.69, 9.17) is 4.74 Å². The lowest BCUT2D eigenvalue weighted by Gasteiger charge is -2.19. The highest BCUT2D eigenvalue weighted by molar-refractivity contribution is 9.09. The summed E-state index contributed by atoms with van der Waals surface area (Å²) in [5, 5.41) is 10.3. The molecular weight excluding hydrogens is 359 g/mol. The number of aliphatic hydroxyl groups excluding tert-OH is 1. The maximum Gasteiger partial charge on any atom is 0.330 e. The molecule has 0 aromatic carbocycles. The number of nitrogens with one attached hydrogen (secondary N) is 1. The predicted octanol–water partition coefficient (Wildman–Crippen LogP) is 0.658. The highest BCUT2D eigenvalue weighted by atomic mass is 79.9. The molecule has 1 aromatic heterocycles. The molecule has 0 amide bonds. The first-order valence-corrected chi connectivity index (χ1v) is 10.6. The summed E-state index contributed by atoms with van der Waals surface area (Å²) in [5.74, 6) is 0. The maximum atomic E-state index is 11.8. The van der Waals surface area contributed by atoms with Gasteiger partial charge in [-0.1, -0.05) is 15.9 Å². The van der Waals surface area contributed by atoms with Gasteiger partial charge in [-0.2, -0.15) is 0 Å². The van der Waals surface area contributed by atoms with Crippen molar-refractivity contribution in [3.8, 4) is 0 Å². The molecule has 1 unspecified atom stereocenters. The Morgan fingerprint density at radius 2 is 2.19 bits per heavy atom. The molecule has 0 radical (unpaired) electrons. The molecule has 0 spiro atoms. The average Bonchev–Trinajstić information content (AvgIpc) is 2.64. The van der Waals surface area contributed by atoms with Crippen LogP contribution >= 0.6 is 22.8 Å². The minimum Gasteiger partial charge on any atom is -0.389 e. The first kappa shape index (κ1) is 16.7. The maximum absolute atomic E-state index is 11.8. The summed E-state index contributed by atoms with van der Waals surface area (Å²) < 4.78 is 7.11. The molecule has 2 heterocycles. The quantitative estimate of drug-likeness (QED) is 0.595. The van der Waals surface area contributed by atoms with E-state index in [2.05, 4.69) is 40.5 Å². The van der Waals surface area contributed by atoms with Gasteiger partial charge in [-0.3, -0.25) is 14.3 Å². The lowest BCUT2D eigenvalue weighted by atomic mass is 10.1. The Morgan fingerprint density at radius 1 is 1.52 bits per heavy atom. The van der Waals surface area contributed by atoms with Crippen molar-refractivity contribution in [2.24, 2.45) is 0 Å². The van der Waals surface area contributed by atoms with E-state index in [1.54, 1.807) is 0 Å². The number of hydrogen-bond acceptors (Lipinski definition) is 4. The Balaban J connectivity index is 2.18. The number of nitrogens with zero attached hydrogens (tertiary/aromatic N) is 1. The fourth-order valence-electron chi connectivity index (χ4n) is 2.27. The Morgan fingerprint density at radius 3 is 2.76 bits per heavy atom. The molecule has 0 bridgehead atoms. The molecule has 1 fully saturated rings. The second-order valence-corrected chi connectivity index (χ2v) is 11.3. The number of alkyl halides is 1. The number of halogens is 1. The van der Waals surface area contributed by atoms with Crippen LogP contribution in [0.5, 0.6) is 0 Å². The SMILES string of the molecule is C=P(C)(C)CC[C@H]1OC(n2ccc(=O)[nH]c2=O)[C@H](Br)[C@@H]1O. The molecule has 1 saturated heterocycles. The second-order valence-electron chi connectivity index (χ2n) is 5.97. The largest absolute Gasteiger partial charge is 0.389 e. The van der Waals surface area contributed by atoms with Crippen LogP contribution in [0, 0.1) is 0 Å². The van der Waals surface area contributed by atoms with E-state index in [-0.39, 0.29) is 6.10 Å². The zero-order valence-electron chi connectivity index (χ0n) is 12.0. The van der Waals surface area contributed by atoms with Crippen molar-refractivity contribution in [3.05, 3.63) is 33.1 Å². The molecule has 8 heteroatoms.